The van der Waals surface area contributed by atoms with Crippen LogP contribution in [0.2, 0.25) is 0 Å². The molecule has 3 rings (SSSR count). The van der Waals surface area contributed by atoms with Crippen LogP contribution in [0, 0.1) is 11.6 Å². The molecule has 1 N–H and O–H groups in total. The number of rotatable bonds is 9. The van der Waals surface area contributed by atoms with Gasteiger partial charge in [0.1, 0.15) is 16.9 Å². The van der Waals surface area contributed by atoms with E-state index in [9.17, 15) is 26.8 Å². The molecule has 0 heterocycles. The molecule has 0 radical (unpaired) electrons. The van der Waals surface area contributed by atoms with Crippen LogP contribution in [0.3, 0.4) is 0 Å². The first-order valence-electron chi connectivity index (χ1n) is 9.87. The van der Waals surface area contributed by atoms with Crippen molar-refractivity contribution in [1.82, 2.24) is 5.32 Å². The number of benzene rings is 3. The molecule has 0 saturated carbocycles. The van der Waals surface area contributed by atoms with Gasteiger partial charge in [-0.1, -0.05) is 30.3 Å². The number of carbonyl (C=O) groups excluding carboxylic acids is 2. The molecule has 0 spiro atoms. The van der Waals surface area contributed by atoms with Crippen LogP contribution in [0.1, 0.15) is 34.0 Å². The number of ketones is 1. The average molecular weight is 457 g/mol. The zero-order chi connectivity index (χ0) is 23.1. The summed E-state index contributed by atoms with van der Waals surface area (Å²) in [4.78, 5) is 24.4. The maximum absolute atomic E-state index is 13.2. The number of Topliss-reactive ketones (excluding diaryl/α,β-unsaturated/α-hetero) is 1. The Morgan fingerprint density at radius 3 is 1.94 bits per heavy atom. The van der Waals surface area contributed by atoms with Crippen LogP contribution in [0.5, 0.6) is 0 Å². The number of nitrogens with one attached hydrogen (secondary N) is 1. The Morgan fingerprint density at radius 1 is 0.781 bits per heavy atom. The maximum atomic E-state index is 13.2. The second-order valence-corrected chi connectivity index (χ2v) is 9.26. The quantitative estimate of drug-likeness (QED) is 0.385. The Morgan fingerprint density at radius 2 is 1.34 bits per heavy atom. The van der Waals surface area contributed by atoms with Crippen molar-refractivity contribution in [3.05, 3.63) is 102 Å². The highest BCUT2D eigenvalue weighted by atomic mass is 32.2. The number of hydrogen-bond acceptors (Lipinski definition) is 4. The highest BCUT2D eigenvalue weighted by Crippen LogP contribution is 2.28. The fourth-order valence-corrected chi connectivity index (χ4v) is 4.83. The fourth-order valence-electron chi connectivity index (χ4n) is 3.17. The largest absolute Gasteiger partial charge is 0.354 e. The molecular formula is C24H21F2NO4S. The van der Waals surface area contributed by atoms with Crippen molar-refractivity contribution in [2.24, 2.45) is 0 Å². The molecule has 0 aromatic heterocycles. The highest BCUT2D eigenvalue weighted by Gasteiger charge is 2.29. The Labute approximate surface area is 185 Å². The number of hydrogen-bond donors (Lipinski definition) is 1. The molecule has 0 fully saturated rings. The Hall–Kier alpha value is -3.39. The summed E-state index contributed by atoms with van der Waals surface area (Å²) < 4.78 is 52.6. The lowest BCUT2D eigenvalue weighted by Gasteiger charge is -2.19. The second kappa shape index (κ2) is 10.3. The van der Waals surface area contributed by atoms with Crippen molar-refractivity contribution >= 4 is 21.5 Å². The van der Waals surface area contributed by atoms with Gasteiger partial charge in [-0.05, 0) is 54.1 Å². The van der Waals surface area contributed by atoms with Gasteiger partial charge in [0.15, 0.2) is 15.6 Å². The fraction of sp³-hybridized carbons (Fsp3) is 0.167. The summed E-state index contributed by atoms with van der Waals surface area (Å²) in [7, 11) is -3.93. The summed E-state index contributed by atoms with van der Waals surface area (Å²) in [5.41, 5.74) is 0.764. The number of halogens is 2. The van der Waals surface area contributed by atoms with Crippen molar-refractivity contribution in [3.63, 3.8) is 0 Å². The Bertz CT molecular complexity index is 1180. The van der Waals surface area contributed by atoms with E-state index in [2.05, 4.69) is 5.32 Å². The molecule has 1 amide bonds. The standard InChI is InChI=1S/C24H21F2NO4S/c25-19-8-6-17(7-9-19)22(28)14-15-24(29)27-16-23(18-4-2-1-3-5-18)32(30,31)21-12-10-20(26)11-13-21/h1-13,23H,14-16H2,(H,27,29). The monoisotopic (exact) mass is 457 g/mol. The lowest BCUT2D eigenvalue weighted by Crippen LogP contribution is -2.32. The molecule has 3 aromatic carbocycles. The molecule has 32 heavy (non-hydrogen) atoms. The van der Waals surface area contributed by atoms with E-state index in [1.54, 1.807) is 30.3 Å². The van der Waals surface area contributed by atoms with Crippen LogP contribution < -0.4 is 5.32 Å². The van der Waals surface area contributed by atoms with Crippen LogP contribution in [-0.4, -0.2) is 26.7 Å². The Balaban J connectivity index is 1.69. The lowest BCUT2D eigenvalue weighted by molar-refractivity contribution is -0.121. The SMILES string of the molecule is O=C(CCC(=O)c1ccc(F)cc1)NCC(c1ccccc1)S(=O)(=O)c1ccc(F)cc1. The summed E-state index contributed by atoms with van der Waals surface area (Å²) in [5.74, 6) is -1.83. The summed E-state index contributed by atoms with van der Waals surface area (Å²) in [6, 6.07) is 17.9. The molecule has 1 unspecified atom stereocenters. The number of carbonyl (C=O) groups is 2. The zero-order valence-corrected chi connectivity index (χ0v) is 17.8. The second-order valence-electron chi connectivity index (χ2n) is 7.13. The first-order valence-corrected chi connectivity index (χ1v) is 11.4. The molecular weight excluding hydrogens is 436 g/mol. The molecule has 166 valence electrons. The van der Waals surface area contributed by atoms with Gasteiger partial charge in [-0.3, -0.25) is 9.59 Å². The summed E-state index contributed by atoms with van der Waals surface area (Å²) in [6.07, 6.45) is -0.244. The van der Waals surface area contributed by atoms with E-state index in [0.717, 1.165) is 24.3 Å². The molecule has 5 nitrogen and oxygen atoms in total. The van der Waals surface area contributed by atoms with Crippen molar-refractivity contribution in [3.8, 4) is 0 Å². The molecule has 0 aliphatic carbocycles. The summed E-state index contributed by atoms with van der Waals surface area (Å²) in [6.45, 7) is -0.215. The van der Waals surface area contributed by atoms with Gasteiger partial charge in [0.05, 0.1) is 4.90 Å². The van der Waals surface area contributed by atoms with E-state index < -0.39 is 32.6 Å². The minimum atomic E-state index is -3.93. The van der Waals surface area contributed by atoms with Crippen molar-refractivity contribution in [2.45, 2.75) is 23.0 Å². The molecule has 0 saturated heterocycles. The molecule has 8 heteroatoms. The predicted molar refractivity (Wildman–Crippen MR) is 116 cm³/mol. The van der Waals surface area contributed by atoms with Gasteiger partial charge in [0.25, 0.3) is 0 Å². The highest BCUT2D eigenvalue weighted by molar-refractivity contribution is 7.91. The van der Waals surface area contributed by atoms with E-state index in [1.807, 2.05) is 0 Å². The van der Waals surface area contributed by atoms with Crippen molar-refractivity contribution < 1.29 is 26.8 Å². The molecule has 0 aliphatic rings. The van der Waals surface area contributed by atoms with Crippen LogP contribution in [0.15, 0.2) is 83.8 Å². The summed E-state index contributed by atoms with van der Waals surface area (Å²) >= 11 is 0. The van der Waals surface area contributed by atoms with E-state index >= 15 is 0 Å². The third kappa shape index (κ3) is 5.85. The number of sulfone groups is 1. The number of amides is 1. The lowest BCUT2D eigenvalue weighted by atomic mass is 10.1. The zero-order valence-electron chi connectivity index (χ0n) is 17.0. The maximum Gasteiger partial charge on any atom is 0.220 e. The van der Waals surface area contributed by atoms with Crippen LogP contribution in [0.4, 0.5) is 8.78 Å². The normalized spacial score (nSPS) is 12.2. The van der Waals surface area contributed by atoms with E-state index in [1.165, 1.54) is 24.3 Å². The minimum absolute atomic E-state index is 0.0616. The Kier molecular flexibility index (Phi) is 7.48. The molecule has 0 bridgehead atoms. The van der Waals surface area contributed by atoms with Gasteiger partial charge in [0, 0.05) is 24.9 Å². The molecule has 1 atom stereocenters. The van der Waals surface area contributed by atoms with Crippen molar-refractivity contribution in [1.29, 1.82) is 0 Å². The first kappa shape index (κ1) is 23.3. The third-order valence-corrected chi connectivity index (χ3v) is 7.04. The third-order valence-electron chi connectivity index (χ3n) is 4.92. The van der Waals surface area contributed by atoms with Crippen LogP contribution in [0.25, 0.3) is 0 Å². The smallest absolute Gasteiger partial charge is 0.220 e. The van der Waals surface area contributed by atoms with E-state index in [0.29, 0.717) is 11.1 Å². The van der Waals surface area contributed by atoms with E-state index in [4.69, 9.17) is 0 Å². The topological polar surface area (TPSA) is 80.3 Å². The van der Waals surface area contributed by atoms with Gasteiger partial charge in [0.2, 0.25) is 5.91 Å². The van der Waals surface area contributed by atoms with Gasteiger partial charge >= 0.3 is 0 Å². The first-order chi connectivity index (χ1) is 15.3. The van der Waals surface area contributed by atoms with E-state index in [-0.39, 0.29) is 30.1 Å². The molecule has 3 aromatic rings. The van der Waals surface area contributed by atoms with Gasteiger partial charge in [-0.15, -0.1) is 0 Å². The molecule has 0 aliphatic heterocycles. The van der Waals surface area contributed by atoms with Gasteiger partial charge < -0.3 is 5.32 Å². The average Bonchev–Trinajstić information content (AvgIpc) is 2.79. The minimum Gasteiger partial charge on any atom is -0.354 e. The van der Waals surface area contributed by atoms with Crippen LogP contribution >= 0.6 is 0 Å². The van der Waals surface area contributed by atoms with Gasteiger partial charge in [-0.2, -0.15) is 0 Å². The van der Waals surface area contributed by atoms with Gasteiger partial charge in [-0.25, -0.2) is 17.2 Å². The summed E-state index contributed by atoms with van der Waals surface area (Å²) in [5, 5.41) is 1.49. The van der Waals surface area contributed by atoms with Crippen molar-refractivity contribution in [2.75, 3.05) is 6.54 Å². The predicted octanol–water partition coefficient (Wildman–Crippen LogP) is 4.26. The van der Waals surface area contributed by atoms with Crippen LogP contribution in [-0.2, 0) is 14.6 Å².